The number of hydrogen-bond acceptors (Lipinski definition) is 3. The maximum absolute atomic E-state index is 12.2. The van der Waals surface area contributed by atoms with Crippen molar-refractivity contribution in [2.75, 3.05) is 6.54 Å². The average Bonchev–Trinajstić information content (AvgIpc) is 2.36. The van der Waals surface area contributed by atoms with E-state index in [-0.39, 0.29) is 16.4 Å². The zero-order valence-electron chi connectivity index (χ0n) is 12.6. The lowest BCUT2D eigenvalue weighted by molar-refractivity contribution is 0.0944. The standard InChI is InChI=1S/C14H21BrN2O3S/c1-8(2)10(4)7-17-14(18)11-5-9(3)13(15)12(6-11)21(16,19)20/h5-6,8,10H,7H2,1-4H3,(H,17,18)(H2,16,19,20). The molecule has 0 aromatic heterocycles. The molecule has 0 bridgehead atoms. The number of carbonyl (C=O) groups excluding carboxylic acids is 1. The van der Waals surface area contributed by atoms with Crippen molar-refractivity contribution in [1.82, 2.24) is 5.32 Å². The predicted octanol–water partition coefficient (Wildman–Crippen LogP) is 2.43. The Morgan fingerprint density at radius 2 is 1.90 bits per heavy atom. The van der Waals surface area contributed by atoms with Gasteiger partial charge in [0.25, 0.3) is 5.91 Å². The summed E-state index contributed by atoms with van der Waals surface area (Å²) in [5, 5.41) is 7.98. The van der Waals surface area contributed by atoms with Crippen molar-refractivity contribution < 1.29 is 13.2 Å². The molecule has 1 atom stereocenters. The van der Waals surface area contributed by atoms with E-state index in [0.717, 1.165) is 0 Å². The molecule has 0 aliphatic heterocycles. The second-order valence-electron chi connectivity index (χ2n) is 5.58. The minimum Gasteiger partial charge on any atom is -0.352 e. The minimum absolute atomic E-state index is 0.0791. The number of amides is 1. The Hall–Kier alpha value is -0.920. The van der Waals surface area contributed by atoms with Crippen molar-refractivity contribution in [3.05, 3.63) is 27.7 Å². The summed E-state index contributed by atoms with van der Waals surface area (Å²) in [6, 6.07) is 2.93. The molecule has 0 heterocycles. The van der Waals surface area contributed by atoms with Gasteiger partial charge < -0.3 is 5.32 Å². The number of carbonyl (C=O) groups is 1. The zero-order valence-corrected chi connectivity index (χ0v) is 15.0. The van der Waals surface area contributed by atoms with Gasteiger partial charge in [-0.1, -0.05) is 20.8 Å². The van der Waals surface area contributed by atoms with Gasteiger partial charge in [-0.3, -0.25) is 4.79 Å². The first kappa shape index (κ1) is 18.1. The number of halogens is 1. The predicted molar refractivity (Wildman–Crippen MR) is 86.6 cm³/mol. The highest BCUT2D eigenvalue weighted by atomic mass is 79.9. The van der Waals surface area contributed by atoms with Gasteiger partial charge in [0.15, 0.2) is 0 Å². The summed E-state index contributed by atoms with van der Waals surface area (Å²) in [6.07, 6.45) is 0. The topological polar surface area (TPSA) is 89.3 Å². The van der Waals surface area contributed by atoms with Crippen molar-refractivity contribution in [3.63, 3.8) is 0 Å². The highest BCUT2D eigenvalue weighted by Crippen LogP contribution is 2.26. The lowest BCUT2D eigenvalue weighted by Crippen LogP contribution is -2.30. The van der Waals surface area contributed by atoms with Gasteiger partial charge in [-0.05, 0) is 52.4 Å². The van der Waals surface area contributed by atoms with Gasteiger partial charge in [0.1, 0.15) is 0 Å². The van der Waals surface area contributed by atoms with Crippen LogP contribution in [-0.2, 0) is 10.0 Å². The Labute approximate surface area is 134 Å². The normalized spacial score (nSPS) is 13.3. The van der Waals surface area contributed by atoms with Crippen LogP contribution >= 0.6 is 15.9 Å². The molecule has 1 aromatic rings. The number of sulfonamides is 1. The Morgan fingerprint density at radius 1 is 1.33 bits per heavy atom. The highest BCUT2D eigenvalue weighted by Gasteiger charge is 2.19. The molecule has 3 N–H and O–H groups in total. The van der Waals surface area contributed by atoms with E-state index in [1.54, 1.807) is 13.0 Å². The van der Waals surface area contributed by atoms with Gasteiger partial charge in [0, 0.05) is 16.6 Å². The van der Waals surface area contributed by atoms with E-state index in [1.165, 1.54) is 6.07 Å². The summed E-state index contributed by atoms with van der Waals surface area (Å²) in [6.45, 7) is 8.47. The van der Waals surface area contributed by atoms with E-state index < -0.39 is 10.0 Å². The maximum atomic E-state index is 12.2. The smallest absolute Gasteiger partial charge is 0.251 e. The Bertz CT molecular complexity index is 642. The SMILES string of the molecule is Cc1cc(C(=O)NCC(C)C(C)C)cc(S(N)(=O)=O)c1Br. The molecule has 0 aliphatic rings. The first-order chi connectivity index (χ1) is 9.54. The highest BCUT2D eigenvalue weighted by molar-refractivity contribution is 9.10. The second-order valence-corrected chi connectivity index (χ2v) is 7.90. The van der Waals surface area contributed by atoms with Crippen molar-refractivity contribution in [3.8, 4) is 0 Å². The molecule has 5 nitrogen and oxygen atoms in total. The molecule has 0 radical (unpaired) electrons. The minimum atomic E-state index is -3.88. The molecule has 1 rings (SSSR count). The summed E-state index contributed by atoms with van der Waals surface area (Å²) < 4.78 is 23.5. The van der Waals surface area contributed by atoms with Crippen molar-refractivity contribution in [1.29, 1.82) is 0 Å². The first-order valence-corrected chi connectivity index (χ1v) is 8.99. The Balaban J connectivity index is 3.04. The van der Waals surface area contributed by atoms with Crippen LogP contribution in [0.5, 0.6) is 0 Å². The summed E-state index contributed by atoms with van der Waals surface area (Å²) in [4.78, 5) is 12.1. The quantitative estimate of drug-likeness (QED) is 0.826. The molecular formula is C14H21BrN2O3S. The lowest BCUT2D eigenvalue weighted by atomic mass is 9.98. The number of aryl methyl sites for hydroxylation is 1. The van der Waals surface area contributed by atoms with Crippen LogP contribution in [0, 0.1) is 18.8 Å². The average molecular weight is 377 g/mol. The van der Waals surface area contributed by atoms with Gasteiger partial charge in [-0.2, -0.15) is 0 Å². The largest absolute Gasteiger partial charge is 0.352 e. The van der Waals surface area contributed by atoms with Gasteiger partial charge in [-0.25, -0.2) is 13.6 Å². The number of nitrogens with two attached hydrogens (primary N) is 1. The summed E-state index contributed by atoms with van der Waals surface area (Å²) in [7, 11) is -3.88. The molecule has 0 saturated heterocycles. The molecule has 0 saturated carbocycles. The van der Waals surface area contributed by atoms with E-state index in [9.17, 15) is 13.2 Å². The summed E-state index contributed by atoms with van der Waals surface area (Å²) in [5.41, 5.74) is 0.930. The van der Waals surface area contributed by atoms with Crippen LogP contribution in [0.1, 0.15) is 36.7 Å². The second kappa shape index (κ2) is 6.89. The van der Waals surface area contributed by atoms with Crippen LogP contribution in [-0.4, -0.2) is 20.9 Å². The van der Waals surface area contributed by atoms with E-state index in [0.29, 0.717) is 28.4 Å². The molecule has 21 heavy (non-hydrogen) atoms. The van der Waals surface area contributed by atoms with Crippen LogP contribution in [0.3, 0.4) is 0 Å². The van der Waals surface area contributed by atoms with E-state index >= 15 is 0 Å². The molecule has 7 heteroatoms. The van der Waals surface area contributed by atoms with Crippen LogP contribution in [0.15, 0.2) is 21.5 Å². The van der Waals surface area contributed by atoms with Crippen LogP contribution in [0.2, 0.25) is 0 Å². The monoisotopic (exact) mass is 376 g/mol. The third-order valence-corrected chi connectivity index (χ3v) is 5.76. The number of benzene rings is 1. The van der Waals surface area contributed by atoms with Gasteiger partial charge in [0.2, 0.25) is 10.0 Å². The fraction of sp³-hybridized carbons (Fsp3) is 0.500. The molecule has 0 fully saturated rings. The Kier molecular flexibility index (Phi) is 5.95. The molecule has 1 unspecified atom stereocenters. The van der Waals surface area contributed by atoms with E-state index in [2.05, 4.69) is 35.1 Å². The number of hydrogen-bond donors (Lipinski definition) is 2. The van der Waals surface area contributed by atoms with E-state index in [1.807, 2.05) is 6.92 Å². The lowest BCUT2D eigenvalue weighted by Gasteiger charge is -2.16. The molecule has 1 aromatic carbocycles. The van der Waals surface area contributed by atoms with Crippen LogP contribution in [0.25, 0.3) is 0 Å². The third kappa shape index (κ3) is 4.79. The van der Waals surface area contributed by atoms with Gasteiger partial charge >= 0.3 is 0 Å². The van der Waals surface area contributed by atoms with Crippen LogP contribution in [0.4, 0.5) is 0 Å². The van der Waals surface area contributed by atoms with E-state index in [4.69, 9.17) is 5.14 Å². The molecule has 1 amide bonds. The number of nitrogens with one attached hydrogen (secondary N) is 1. The van der Waals surface area contributed by atoms with Crippen molar-refractivity contribution in [2.45, 2.75) is 32.6 Å². The maximum Gasteiger partial charge on any atom is 0.251 e. The van der Waals surface area contributed by atoms with Gasteiger partial charge in [-0.15, -0.1) is 0 Å². The van der Waals surface area contributed by atoms with Crippen molar-refractivity contribution >= 4 is 31.9 Å². The number of primary sulfonamides is 1. The molecular weight excluding hydrogens is 356 g/mol. The molecule has 118 valence electrons. The fourth-order valence-corrected chi connectivity index (χ4v) is 3.27. The Morgan fingerprint density at radius 3 is 2.38 bits per heavy atom. The zero-order chi connectivity index (χ0) is 16.4. The van der Waals surface area contributed by atoms with Crippen molar-refractivity contribution in [2.24, 2.45) is 17.0 Å². The first-order valence-electron chi connectivity index (χ1n) is 6.65. The van der Waals surface area contributed by atoms with Gasteiger partial charge in [0.05, 0.1) is 4.90 Å². The third-order valence-electron chi connectivity index (χ3n) is 3.51. The molecule has 0 aliphatic carbocycles. The summed E-state index contributed by atoms with van der Waals surface area (Å²) >= 11 is 3.19. The van der Waals surface area contributed by atoms with Crippen LogP contribution < -0.4 is 10.5 Å². The molecule has 0 spiro atoms. The fourth-order valence-electron chi connectivity index (χ4n) is 1.67. The number of rotatable bonds is 5. The summed E-state index contributed by atoms with van der Waals surface area (Å²) in [5.74, 6) is 0.489.